The molecule has 1 heterocycles. The van der Waals surface area contributed by atoms with Gasteiger partial charge in [-0.1, -0.05) is 34.1 Å². The number of nitrogens with two attached hydrogens (primary N) is 1. The maximum atomic E-state index is 12.2. The molecule has 0 radical (unpaired) electrons. The summed E-state index contributed by atoms with van der Waals surface area (Å²) in [5.74, 6) is 1.34. The van der Waals surface area contributed by atoms with Crippen molar-refractivity contribution in [2.45, 2.75) is 59.8 Å². The fourth-order valence-corrected chi connectivity index (χ4v) is 3.30. The highest BCUT2D eigenvalue weighted by Gasteiger charge is 2.25. The van der Waals surface area contributed by atoms with Crippen molar-refractivity contribution < 1.29 is 30.0 Å². The Labute approximate surface area is 190 Å². The van der Waals surface area contributed by atoms with Gasteiger partial charge in [-0.3, -0.25) is 9.59 Å². The third kappa shape index (κ3) is 16.1. The first-order valence-electron chi connectivity index (χ1n) is 11.9. The number of amides is 2. The third-order valence-corrected chi connectivity index (χ3v) is 5.41. The number of primary amides is 1. The molecule has 1 fully saturated rings. The van der Waals surface area contributed by atoms with Gasteiger partial charge in [-0.2, -0.15) is 0 Å². The number of likely N-dealkylation sites (tertiary alicyclic amines) is 1. The first-order chi connectivity index (χ1) is 15.0. The van der Waals surface area contributed by atoms with Crippen molar-refractivity contribution in [3.05, 3.63) is 0 Å². The smallest absolute Gasteiger partial charge is 0.224 e. The van der Waals surface area contributed by atoms with E-state index in [9.17, 15) is 9.59 Å². The van der Waals surface area contributed by atoms with Gasteiger partial charge in [0.2, 0.25) is 11.8 Å². The van der Waals surface area contributed by atoms with E-state index in [2.05, 4.69) is 13.8 Å². The first kappa shape index (κ1) is 29.8. The summed E-state index contributed by atoms with van der Waals surface area (Å²) in [6.07, 6.45) is 4.12. The molecule has 0 aliphatic carbocycles. The average molecular weight is 449 g/mol. The van der Waals surface area contributed by atoms with Crippen molar-refractivity contribution in [2.24, 2.45) is 17.6 Å². The second-order valence-electron chi connectivity index (χ2n) is 7.52. The maximum Gasteiger partial charge on any atom is 0.224 e. The zero-order valence-electron chi connectivity index (χ0n) is 20.2. The Balaban J connectivity index is 0. The standard InChI is InChI=1S/C21H40N2O6.C2H6.H2/c1-3-18(2)19-4-8-23(9-5-19)21(25)7-11-27-13-15-29-17-16-28-14-12-26-10-6-20(22)24;1-2;/h18-19H,3-17H2,1-2H3,(H2,22,24);1-2H3;1H. The molecule has 2 amide bonds. The van der Waals surface area contributed by atoms with Crippen LogP contribution in [0.25, 0.3) is 0 Å². The van der Waals surface area contributed by atoms with E-state index in [0.29, 0.717) is 59.3 Å². The maximum absolute atomic E-state index is 12.2. The number of carbonyl (C=O) groups is 2. The Kier molecular flexibility index (Phi) is 19.9. The largest absolute Gasteiger partial charge is 0.379 e. The number of hydrogen-bond acceptors (Lipinski definition) is 6. The van der Waals surface area contributed by atoms with E-state index in [4.69, 9.17) is 24.7 Å². The molecule has 186 valence electrons. The van der Waals surface area contributed by atoms with Crippen molar-refractivity contribution in [2.75, 3.05) is 65.9 Å². The molecular formula is C23H48N2O6. The third-order valence-electron chi connectivity index (χ3n) is 5.41. The van der Waals surface area contributed by atoms with E-state index >= 15 is 0 Å². The van der Waals surface area contributed by atoms with Gasteiger partial charge in [0.05, 0.1) is 59.3 Å². The number of rotatable bonds is 17. The van der Waals surface area contributed by atoms with Crippen molar-refractivity contribution in [1.29, 1.82) is 0 Å². The number of piperidine rings is 1. The molecule has 1 saturated heterocycles. The van der Waals surface area contributed by atoms with Gasteiger partial charge < -0.3 is 29.6 Å². The van der Waals surface area contributed by atoms with Crippen LogP contribution in [0.1, 0.15) is 61.2 Å². The molecule has 0 aromatic rings. The molecule has 8 heteroatoms. The summed E-state index contributed by atoms with van der Waals surface area (Å²) in [5, 5.41) is 0. The zero-order valence-corrected chi connectivity index (χ0v) is 20.2. The summed E-state index contributed by atoms with van der Waals surface area (Å²) in [4.78, 5) is 24.7. The Morgan fingerprint density at radius 2 is 1.29 bits per heavy atom. The summed E-state index contributed by atoms with van der Waals surface area (Å²) in [6.45, 7) is 13.9. The van der Waals surface area contributed by atoms with Crippen LogP contribution in [-0.2, 0) is 28.5 Å². The van der Waals surface area contributed by atoms with Crippen molar-refractivity contribution >= 4 is 11.8 Å². The van der Waals surface area contributed by atoms with Crippen LogP contribution in [0.5, 0.6) is 0 Å². The first-order valence-corrected chi connectivity index (χ1v) is 11.9. The van der Waals surface area contributed by atoms with Crippen molar-refractivity contribution in [3.8, 4) is 0 Å². The molecule has 1 aliphatic heterocycles. The number of hydrogen-bond donors (Lipinski definition) is 1. The van der Waals surface area contributed by atoms with Gasteiger partial charge in [0.15, 0.2) is 0 Å². The SMILES string of the molecule is CC.CCC(C)C1CCN(C(=O)CCOCCOCCOCCOCCC(N)=O)CC1.[HH]. The molecule has 1 atom stereocenters. The van der Waals surface area contributed by atoms with E-state index in [0.717, 1.165) is 37.8 Å². The highest BCUT2D eigenvalue weighted by atomic mass is 16.6. The highest BCUT2D eigenvalue weighted by Crippen LogP contribution is 2.26. The monoisotopic (exact) mass is 448 g/mol. The topological polar surface area (TPSA) is 100 Å². The minimum absolute atomic E-state index is 0. The molecule has 8 nitrogen and oxygen atoms in total. The van der Waals surface area contributed by atoms with Gasteiger partial charge in [0, 0.05) is 20.9 Å². The zero-order chi connectivity index (χ0) is 23.3. The lowest BCUT2D eigenvalue weighted by molar-refractivity contribution is -0.134. The van der Waals surface area contributed by atoms with Crippen molar-refractivity contribution in [1.82, 2.24) is 4.90 Å². The fourth-order valence-electron chi connectivity index (χ4n) is 3.30. The Morgan fingerprint density at radius 1 is 0.871 bits per heavy atom. The molecule has 1 unspecified atom stereocenters. The van der Waals surface area contributed by atoms with Crippen molar-refractivity contribution in [3.63, 3.8) is 0 Å². The normalized spacial score (nSPS) is 15.3. The summed E-state index contributed by atoms with van der Waals surface area (Å²) in [5.41, 5.74) is 5.00. The molecule has 1 rings (SSSR count). The summed E-state index contributed by atoms with van der Waals surface area (Å²) in [7, 11) is 0. The van der Waals surface area contributed by atoms with Crippen LogP contribution < -0.4 is 5.73 Å². The quantitative estimate of drug-likeness (QED) is 0.343. The van der Waals surface area contributed by atoms with Gasteiger partial charge in [0.1, 0.15) is 0 Å². The Hall–Kier alpha value is -1.22. The van der Waals surface area contributed by atoms with E-state index < -0.39 is 0 Å². The molecule has 0 aromatic heterocycles. The van der Waals surface area contributed by atoms with Crippen LogP contribution in [-0.4, -0.2) is 82.7 Å². The van der Waals surface area contributed by atoms with E-state index in [-0.39, 0.29) is 19.7 Å². The lowest BCUT2D eigenvalue weighted by Gasteiger charge is -2.34. The fraction of sp³-hybridized carbons (Fsp3) is 0.913. The minimum Gasteiger partial charge on any atom is -0.379 e. The van der Waals surface area contributed by atoms with Gasteiger partial charge in [-0.25, -0.2) is 0 Å². The molecule has 1 aliphatic rings. The predicted molar refractivity (Wildman–Crippen MR) is 124 cm³/mol. The Bertz CT molecular complexity index is 448. The summed E-state index contributed by atoms with van der Waals surface area (Å²) < 4.78 is 21.4. The number of nitrogens with zero attached hydrogens (tertiary/aromatic N) is 1. The van der Waals surface area contributed by atoms with E-state index in [1.165, 1.54) is 6.42 Å². The van der Waals surface area contributed by atoms with Crippen LogP contribution in [0.2, 0.25) is 0 Å². The number of ether oxygens (including phenoxy) is 4. The van der Waals surface area contributed by atoms with Crippen LogP contribution >= 0.6 is 0 Å². The molecule has 0 aromatic carbocycles. The van der Waals surface area contributed by atoms with Crippen LogP contribution in [0.15, 0.2) is 0 Å². The lowest BCUT2D eigenvalue weighted by atomic mass is 9.84. The lowest BCUT2D eigenvalue weighted by Crippen LogP contribution is -2.40. The van der Waals surface area contributed by atoms with Gasteiger partial charge >= 0.3 is 0 Å². The predicted octanol–water partition coefficient (Wildman–Crippen LogP) is 2.88. The van der Waals surface area contributed by atoms with Gasteiger partial charge in [0.25, 0.3) is 0 Å². The molecular weight excluding hydrogens is 400 g/mol. The minimum atomic E-state index is -0.368. The second-order valence-corrected chi connectivity index (χ2v) is 7.52. The molecule has 31 heavy (non-hydrogen) atoms. The van der Waals surface area contributed by atoms with E-state index in [1.807, 2.05) is 18.7 Å². The van der Waals surface area contributed by atoms with Crippen LogP contribution in [0.3, 0.4) is 0 Å². The van der Waals surface area contributed by atoms with Gasteiger partial charge in [-0.05, 0) is 24.7 Å². The van der Waals surface area contributed by atoms with E-state index in [1.54, 1.807) is 0 Å². The number of carbonyl (C=O) groups excluding carboxylic acids is 2. The van der Waals surface area contributed by atoms with Gasteiger partial charge in [-0.15, -0.1) is 0 Å². The van der Waals surface area contributed by atoms with Crippen LogP contribution in [0, 0.1) is 11.8 Å². The summed E-state index contributed by atoms with van der Waals surface area (Å²) in [6, 6.07) is 0. The Morgan fingerprint density at radius 3 is 1.71 bits per heavy atom. The highest BCUT2D eigenvalue weighted by molar-refractivity contribution is 5.76. The average Bonchev–Trinajstić information content (AvgIpc) is 2.79. The summed E-state index contributed by atoms with van der Waals surface area (Å²) >= 11 is 0. The molecule has 0 saturated carbocycles. The molecule has 0 bridgehead atoms. The molecule has 0 spiro atoms. The van der Waals surface area contributed by atoms with Crippen LogP contribution in [0.4, 0.5) is 0 Å². The second kappa shape index (κ2) is 20.7. The molecule has 2 N–H and O–H groups in total.